The molecule has 0 unspecified atom stereocenters. The molecule has 0 fully saturated rings. The minimum Gasteiger partial charge on any atom is -0.345 e. The summed E-state index contributed by atoms with van der Waals surface area (Å²) in [6.07, 6.45) is 0.877. The highest BCUT2D eigenvalue weighted by Crippen LogP contribution is 2.16. The maximum atomic E-state index is 12.2. The Kier molecular flexibility index (Phi) is 4.35. The molecule has 0 bridgehead atoms. The first-order valence-electron chi connectivity index (χ1n) is 6.63. The van der Waals surface area contributed by atoms with Crippen molar-refractivity contribution in [2.45, 2.75) is 26.3 Å². The van der Waals surface area contributed by atoms with Crippen LogP contribution in [0.1, 0.15) is 40.9 Å². The molecule has 0 aliphatic carbocycles. The molecule has 2 heteroatoms. The van der Waals surface area contributed by atoms with Gasteiger partial charge in [0.15, 0.2) is 0 Å². The fourth-order valence-corrected chi connectivity index (χ4v) is 2.05. The molecule has 98 valence electrons. The fourth-order valence-electron chi connectivity index (χ4n) is 2.05. The largest absolute Gasteiger partial charge is 0.345 e. The van der Waals surface area contributed by atoms with E-state index in [9.17, 15) is 4.79 Å². The minimum absolute atomic E-state index is 0.0179. The standard InChI is InChI=1S/C17H19NO/c1-3-16(14-7-5-4-6-8-14)18-17(19)15-11-9-13(2)10-12-15/h4-12,16H,3H2,1-2H3,(H,18,19)/t16-/m1/s1. The summed E-state index contributed by atoms with van der Waals surface area (Å²) in [6, 6.07) is 17.8. The third-order valence-corrected chi connectivity index (χ3v) is 3.23. The molecule has 0 aromatic heterocycles. The second-order valence-electron chi connectivity index (χ2n) is 4.71. The summed E-state index contributed by atoms with van der Waals surface area (Å²) >= 11 is 0. The normalized spacial score (nSPS) is 11.9. The van der Waals surface area contributed by atoms with Crippen LogP contribution in [0.5, 0.6) is 0 Å². The van der Waals surface area contributed by atoms with Crippen LogP contribution >= 0.6 is 0 Å². The number of rotatable bonds is 4. The summed E-state index contributed by atoms with van der Waals surface area (Å²) in [4.78, 5) is 12.2. The van der Waals surface area contributed by atoms with Gasteiger partial charge in [0.25, 0.3) is 5.91 Å². The number of amides is 1. The van der Waals surface area contributed by atoms with E-state index in [4.69, 9.17) is 0 Å². The average molecular weight is 253 g/mol. The van der Waals surface area contributed by atoms with Gasteiger partial charge in [-0.1, -0.05) is 55.0 Å². The molecule has 0 spiro atoms. The predicted molar refractivity (Wildman–Crippen MR) is 78.1 cm³/mol. The Hall–Kier alpha value is -2.09. The molecular formula is C17H19NO. The average Bonchev–Trinajstić information content (AvgIpc) is 2.46. The Balaban J connectivity index is 2.10. The van der Waals surface area contributed by atoms with Gasteiger partial charge in [-0.3, -0.25) is 4.79 Å². The number of carbonyl (C=O) groups excluding carboxylic acids is 1. The van der Waals surface area contributed by atoms with Crippen LogP contribution in [0.3, 0.4) is 0 Å². The number of carbonyl (C=O) groups is 1. The zero-order valence-electron chi connectivity index (χ0n) is 11.4. The number of aryl methyl sites for hydroxylation is 1. The topological polar surface area (TPSA) is 29.1 Å². The molecule has 1 atom stereocenters. The van der Waals surface area contributed by atoms with E-state index in [0.717, 1.165) is 17.5 Å². The first-order valence-corrected chi connectivity index (χ1v) is 6.63. The van der Waals surface area contributed by atoms with Gasteiger partial charge in [0.2, 0.25) is 0 Å². The molecule has 0 saturated carbocycles. The third-order valence-electron chi connectivity index (χ3n) is 3.23. The zero-order valence-corrected chi connectivity index (χ0v) is 11.4. The van der Waals surface area contributed by atoms with Crippen LogP contribution in [0.25, 0.3) is 0 Å². The van der Waals surface area contributed by atoms with Crippen molar-refractivity contribution in [3.8, 4) is 0 Å². The van der Waals surface area contributed by atoms with E-state index in [0.29, 0.717) is 5.56 Å². The van der Waals surface area contributed by atoms with E-state index in [1.165, 1.54) is 0 Å². The van der Waals surface area contributed by atoms with Gasteiger partial charge < -0.3 is 5.32 Å². The van der Waals surface area contributed by atoms with Crippen LogP contribution < -0.4 is 5.32 Å². The van der Waals surface area contributed by atoms with Crippen molar-refractivity contribution in [1.29, 1.82) is 0 Å². The van der Waals surface area contributed by atoms with Crippen molar-refractivity contribution < 1.29 is 4.79 Å². The van der Waals surface area contributed by atoms with Crippen LogP contribution in [-0.2, 0) is 0 Å². The number of hydrogen-bond donors (Lipinski definition) is 1. The van der Waals surface area contributed by atoms with Crippen molar-refractivity contribution in [1.82, 2.24) is 5.32 Å². The summed E-state index contributed by atoms with van der Waals surface area (Å²) in [5, 5.41) is 3.08. The lowest BCUT2D eigenvalue weighted by Gasteiger charge is -2.17. The maximum absolute atomic E-state index is 12.2. The molecule has 2 nitrogen and oxygen atoms in total. The monoisotopic (exact) mass is 253 g/mol. The number of nitrogens with one attached hydrogen (secondary N) is 1. The Labute approximate surface area is 114 Å². The van der Waals surface area contributed by atoms with E-state index < -0.39 is 0 Å². The molecule has 1 amide bonds. The summed E-state index contributed by atoms with van der Waals surface area (Å²) in [6.45, 7) is 4.09. The van der Waals surface area contributed by atoms with Crippen molar-refractivity contribution >= 4 is 5.91 Å². The van der Waals surface area contributed by atoms with Gasteiger partial charge in [0.1, 0.15) is 0 Å². The van der Waals surface area contributed by atoms with E-state index in [2.05, 4.69) is 12.2 Å². The second-order valence-corrected chi connectivity index (χ2v) is 4.71. The van der Waals surface area contributed by atoms with Crippen molar-refractivity contribution in [2.75, 3.05) is 0 Å². The maximum Gasteiger partial charge on any atom is 0.251 e. The molecule has 2 aromatic carbocycles. The molecular weight excluding hydrogens is 234 g/mol. The first-order chi connectivity index (χ1) is 9.20. The van der Waals surface area contributed by atoms with E-state index in [1.54, 1.807) is 0 Å². The van der Waals surface area contributed by atoms with Gasteiger partial charge >= 0.3 is 0 Å². The molecule has 2 aromatic rings. The summed E-state index contributed by atoms with van der Waals surface area (Å²) in [7, 11) is 0. The first kappa shape index (κ1) is 13.3. The molecule has 0 aliphatic heterocycles. The predicted octanol–water partition coefficient (Wildman–Crippen LogP) is 3.88. The van der Waals surface area contributed by atoms with Crippen LogP contribution in [0.2, 0.25) is 0 Å². The van der Waals surface area contributed by atoms with Gasteiger partial charge in [-0.25, -0.2) is 0 Å². The highest BCUT2D eigenvalue weighted by Gasteiger charge is 2.13. The van der Waals surface area contributed by atoms with Crippen LogP contribution in [0.4, 0.5) is 0 Å². The smallest absolute Gasteiger partial charge is 0.251 e. The molecule has 0 heterocycles. The number of hydrogen-bond acceptors (Lipinski definition) is 1. The van der Waals surface area contributed by atoms with Crippen LogP contribution in [0.15, 0.2) is 54.6 Å². The van der Waals surface area contributed by atoms with Gasteiger partial charge in [-0.15, -0.1) is 0 Å². The Morgan fingerprint density at radius 3 is 2.26 bits per heavy atom. The zero-order chi connectivity index (χ0) is 13.7. The Morgan fingerprint density at radius 2 is 1.68 bits per heavy atom. The summed E-state index contributed by atoms with van der Waals surface area (Å²) in [5.74, 6) is -0.0179. The minimum atomic E-state index is -0.0179. The highest BCUT2D eigenvalue weighted by atomic mass is 16.1. The Morgan fingerprint density at radius 1 is 1.05 bits per heavy atom. The molecule has 19 heavy (non-hydrogen) atoms. The quantitative estimate of drug-likeness (QED) is 0.880. The molecule has 0 saturated heterocycles. The SMILES string of the molecule is CC[C@@H](NC(=O)c1ccc(C)cc1)c1ccccc1. The van der Waals surface area contributed by atoms with Crippen LogP contribution in [0, 0.1) is 6.92 Å². The van der Waals surface area contributed by atoms with Gasteiger partial charge in [-0.05, 0) is 31.0 Å². The third kappa shape index (κ3) is 3.44. The van der Waals surface area contributed by atoms with E-state index in [1.807, 2.05) is 61.5 Å². The van der Waals surface area contributed by atoms with E-state index >= 15 is 0 Å². The highest BCUT2D eigenvalue weighted by molar-refractivity contribution is 5.94. The Bertz CT molecular complexity index is 531. The molecule has 0 radical (unpaired) electrons. The lowest BCUT2D eigenvalue weighted by Crippen LogP contribution is -2.28. The van der Waals surface area contributed by atoms with Gasteiger partial charge in [0, 0.05) is 5.56 Å². The van der Waals surface area contributed by atoms with Crippen LogP contribution in [-0.4, -0.2) is 5.91 Å². The number of benzene rings is 2. The van der Waals surface area contributed by atoms with Crippen molar-refractivity contribution in [3.63, 3.8) is 0 Å². The summed E-state index contributed by atoms with van der Waals surface area (Å²) < 4.78 is 0. The van der Waals surface area contributed by atoms with E-state index in [-0.39, 0.29) is 11.9 Å². The lowest BCUT2D eigenvalue weighted by molar-refractivity contribution is 0.0935. The second kappa shape index (κ2) is 6.19. The molecule has 1 N–H and O–H groups in total. The van der Waals surface area contributed by atoms with Crippen molar-refractivity contribution in [3.05, 3.63) is 71.3 Å². The lowest BCUT2D eigenvalue weighted by atomic mass is 10.0. The molecule has 0 aliphatic rings. The van der Waals surface area contributed by atoms with Gasteiger partial charge in [-0.2, -0.15) is 0 Å². The van der Waals surface area contributed by atoms with Gasteiger partial charge in [0.05, 0.1) is 6.04 Å². The fraction of sp³-hybridized carbons (Fsp3) is 0.235. The summed E-state index contributed by atoms with van der Waals surface area (Å²) in [5.41, 5.74) is 3.01. The molecule has 2 rings (SSSR count). The van der Waals surface area contributed by atoms with Crippen molar-refractivity contribution in [2.24, 2.45) is 0 Å².